The molecule has 2 heterocycles. The minimum atomic E-state index is -1.05. The van der Waals surface area contributed by atoms with Gasteiger partial charge < -0.3 is 5.32 Å². The first-order valence-electron chi connectivity index (χ1n) is 7.38. The van der Waals surface area contributed by atoms with Crippen molar-refractivity contribution in [3.8, 4) is 0 Å². The summed E-state index contributed by atoms with van der Waals surface area (Å²) in [6.45, 7) is 0.892. The first-order valence-corrected chi connectivity index (χ1v) is 7.38. The second kappa shape index (κ2) is 5.56. The summed E-state index contributed by atoms with van der Waals surface area (Å²) in [4.78, 5) is 23.0. The van der Waals surface area contributed by atoms with Crippen molar-refractivity contribution < 1.29 is 14.0 Å². The van der Waals surface area contributed by atoms with Crippen molar-refractivity contribution in [2.24, 2.45) is 0 Å². The van der Waals surface area contributed by atoms with E-state index in [2.05, 4.69) is 10.6 Å². The van der Waals surface area contributed by atoms with Gasteiger partial charge in [0.15, 0.2) is 0 Å². The Morgan fingerprint density at radius 2 is 1.90 bits per heavy atom. The lowest BCUT2D eigenvalue weighted by atomic mass is 9.88. The summed E-state index contributed by atoms with van der Waals surface area (Å²) >= 11 is 0. The number of benzene rings is 1. The molecule has 0 saturated carbocycles. The van der Waals surface area contributed by atoms with Crippen LogP contribution in [0.25, 0.3) is 0 Å². The Hall–Kier alpha value is -1.75. The minimum Gasteiger partial charge on any atom is -0.310 e. The summed E-state index contributed by atoms with van der Waals surface area (Å²) in [6, 6.07) is 7.74. The largest absolute Gasteiger partial charge is 0.310 e. The predicted molar refractivity (Wildman–Crippen MR) is 76.6 cm³/mol. The van der Waals surface area contributed by atoms with Gasteiger partial charge in [0, 0.05) is 19.5 Å². The van der Waals surface area contributed by atoms with Crippen molar-refractivity contribution in [3.63, 3.8) is 0 Å². The summed E-state index contributed by atoms with van der Waals surface area (Å²) in [6.07, 6.45) is 2.17. The average Bonchev–Trinajstić information content (AvgIpc) is 2.44. The van der Waals surface area contributed by atoms with E-state index in [-0.39, 0.29) is 17.7 Å². The van der Waals surface area contributed by atoms with E-state index < -0.39 is 5.67 Å². The molecule has 0 spiro atoms. The van der Waals surface area contributed by atoms with Crippen molar-refractivity contribution >= 4 is 11.8 Å². The number of nitrogens with one attached hydrogen (secondary N) is 2. The predicted octanol–water partition coefficient (Wildman–Crippen LogP) is 1.45. The van der Waals surface area contributed by atoms with E-state index in [0.717, 1.165) is 11.1 Å². The zero-order valence-corrected chi connectivity index (χ0v) is 11.8. The fraction of sp³-hybridized carbons (Fsp3) is 0.500. The summed E-state index contributed by atoms with van der Waals surface area (Å²) in [7, 11) is 0. The van der Waals surface area contributed by atoms with Crippen molar-refractivity contribution in [2.75, 3.05) is 13.1 Å². The molecule has 1 atom stereocenters. The summed E-state index contributed by atoms with van der Waals surface area (Å²) < 4.78 is 13.9. The first kappa shape index (κ1) is 14.2. The number of piperidine rings is 1. The molecule has 2 amide bonds. The number of carbonyl (C=O) groups is 2. The van der Waals surface area contributed by atoms with Gasteiger partial charge in [0.25, 0.3) is 0 Å². The maximum atomic E-state index is 13.9. The maximum Gasteiger partial charge on any atom is 0.234 e. The van der Waals surface area contributed by atoms with E-state index in [4.69, 9.17) is 0 Å². The molecule has 0 aromatic heterocycles. The molecule has 0 aliphatic carbocycles. The Morgan fingerprint density at radius 3 is 2.48 bits per heavy atom. The molecular formula is C16H19FN2O2. The number of hydrogen-bond donors (Lipinski definition) is 2. The lowest BCUT2D eigenvalue weighted by Gasteiger charge is -2.35. The molecule has 2 fully saturated rings. The second-order valence-corrected chi connectivity index (χ2v) is 6.00. The van der Waals surface area contributed by atoms with Gasteiger partial charge in [-0.2, -0.15) is 0 Å². The number of rotatable bonds is 4. The van der Waals surface area contributed by atoms with Crippen LogP contribution in [0, 0.1) is 0 Å². The zero-order valence-electron chi connectivity index (χ0n) is 11.8. The van der Waals surface area contributed by atoms with Crippen LogP contribution in [0.4, 0.5) is 4.39 Å². The standard InChI is InChI=1S/C16H19FN2O2/c17-16(9-18-10-16)8-7-11-1-3-12(4-2-11)13-5-6-14(20)19-15(13)21/h1-4,13,18H,5-10H2,(H,19,20,21). The van der Waals surface area contributed by atoms with E-state index in [1.165, 1.54) is 0 Å². The van der Waals surface area contributed by atoms with Crippen LogP contribution in [-0.4, -0.2) is 30.6 Å². The highest BCUT2D eigenvalue weighted by atomic mass is 19.1. The molecule has 2 aliphatic rings. The smallest absolute Gasteiger partial charge is 0.234 e. The third kappa shape index (κ3) is 3.13. The minimum absolute atomic E-state index is 0.199. The molecule has 2 saturated heterocycles. The van der Waals surface area contributed by atoms with Gasteiger partial charge in [-0.3, -0.25) is 14.9 Å². The molecule has 1 aromatic rings. The lowest BCUT2D eigenvalue weighted by Crippen LogP contribution is -2.56. The Bertz CT molecular complexity index is 552. The summed E-state index contributed by atoms with van der Waals surface area (Å²) in [5.74, 6) is -0.669. The van der Waals surface area contributed by atoms with Gasteiger partial charge in [0.05, 0.1) is 5.92 Å². The first-order chi connectivity index (χ1) is 10.1. The molecule has 2 N–H and O–H groups in total. The van der Waals surface area contributed by atoms with Crippen LogP contribution in [0.5, 0.6) is 0 Å². The van der Waals surface area contributed by atoms with Gasteiger partial charge >= 0.3 is 0 Å². The average molecular weight is 290 g/mol. The Labute approximate surface area is 123 Å². The van der Waals surface area contributed by atoms with Gasteiger partial charge in [-0.15, -0.1) is 0 Å². The van der Waals surface area contributed by atoms with Crippen molar-refractivity contribution in [1.82, 2.24) is 10.6 Å². The van der Waals surface area contributed by atoms with Crippen LogP contribution >= 0.6 is 0 Å². The third-order valence-electron chi connectivity index (χ3n) is 4.37. The molecule has 112 valence electrons. The van der Waals surface area contributed by atoms with Crippen molar-refractivity contribution in [1.29, 1.82) is 0 Å². The highest BCUT2D eigenvalue weighted by Crippen LogP contribution is 2.27. The molecule has 1 aromatic carbocycles. The van der Waals surface area contributed by atoms with Gasteiger partial charge in [-0.25, -0.2) is 4.39 Å². The Morgan fingerprint density at radius 1 is 1.19 bits per heavy atom. The van der Waals surface area contributed by atoms with Crippen LogP contribution in [0.1, 0.15) is 36.3 Å². The van der Waals surface area contributed by atoms with Crippen molar-refractivity contribution in [3.05, 3.63) is 35.4 Å². The normalized spacial score (nSPS) is 24.3. The number of halogens is 1. The van der Waals surface area contributed by atoms with Crippen LogP contribution < -0.4 is 10.6 Å². The van der Waals surface area contributed by atoms with Gasteiger partial charge in [0.2, 0.25) is 11.8 Å². The van der Waals surface area contributed by atoms with Gasteiger partial charge in [-0.1, -0.05) is 24.3 Å². The topological polar surface area (TPSA) is 58.2 Å². The number of carbonyl (C=O) groups excluding carboxylic acids is 2. The van der Waals surface area contributed by atoms with Crippen LogP contribution in [0.2, 0.25) is 0 Å². The fourth-order valence-corrected chi connectivity index (χ4v) is 2.87. The van der Waals surface area contributed by atoms with E-state index in [1.54, 1.807) is 0 Å². The molecule has 1 unspecified atom stereocenters. The molecule has 3 rings (SSSR count). The molecule has 2 aliphatic heterocycles. The fourth-order valence-electron chi connectivity index (χ4n) is 2.87. The number of aryl methyl sites for hydroxylation is 1. The van der Waals surface area contributed by atoms with E-state index in [9.17, 15) is 14.0 Å². The Balaban J connectivity index is 1.61. The zero-order chi connectivity index (χ0) is 14.9. The number of alkyl halides is 1. The monoisotopic (exact) mass is 290 g/mol. The molecule has 4 nitrogen and oxygen atoms in total. The van der Waals surface area contributed by atoms with E-state index in [1.807, 2.05) is 24.3 Å². The summed E-state index contributed by atoms with van der Waals surface area (Å²) in [5.41, 5.74) is 0.946. The highest BCUT2D eigenvalue weighted by Gasteiger charge is 2.36. The van der Waals surface area contributed by atoms with Crippen LogP contribution in [-0.2, 0) is 16.0 Å². The Kier molecular flexibility index (Phi) is 3.76. The van der Waals surface area contributed by atoms with E-state index >= 15 is 0 Å². The lowest BCUT2D eigenvalue weighted by molar-refractivity contribution is -0.134. The van der Waals surface area contributed by atoms with Crippen LogP contribution in [0.3, 0.4) is 0 Å². The highest BCUT2D eigenvalue weighted by molar-refractivity contribution is 6.00. The molecule has 0 bridgehead atoms. The second-order valence-electron chi connectivity index (χ2n) is 6.00. The molecule has 0 radical (unpaired) electrons. The summed E-state index contributed by atoms with van der Waals surface area (Å²) in [5, 5.41) is 5.32. The third-order valence-corrected chi connectivity index (χ3v) is 4.37. The van der Waals surface area contributed by atoms with Crippen LogP contribution in [0.15, 0.2) is 24.3 Å². The SMILES string of the molecule is O=C1CCC(c2ccc(CCC3(F)CNC3)cc2)C(=O)N1. The molecule has 5 heteroatoms. The van der Waals surface area contributed by atoms with E-state index in [0.29, 0.717) is 38.8 Å². The van der Waals surface area contributed by atoms with Crippen molar-refractivity contribution in [2.45, 2.75) is 37.3 Å². The molecular weight excluding hydrogens is 271 g/mol. The van der Waals surface area contributed by atoms with Gasteiger partial charge in [0.1, 0.15) is 5.67 Å². The van der Waals surface area contributed by atoms with Gasteiger partial charge in [-0.05, 0) is 30.4 Å². The number of hydrogen-bond acceptors (Lipinski definition) is 3. The quantitative estimate of drug-likeness (QED) is 0.825. The molecule has 21 heavy (non-hydrogen) atoms. The number of imide groups is 1. The maximum absolute atomic E-state index is 13.9. The number of amides is 2.